The van der Waals surface area contributed by atoms with Gasteiger partial charge in [-0.3, -0.25) is 24.2 Å². The van der Waals surface area contributed by atoms with Crippen LogP contribution < -0.4 is 21.5 Å². The maximum Gasteiger partial charge on any atom is 0.277 e. The van der Waals surface area contributed by atoms with E-state index in [1.54, 1.807) is 17.5 Å². The van der Waals surface area contributed by atoms with Gasteiger partial charge in [-0.25, -0.2) is 4.98 Å². The van der Waals surface area contributed by atoms with E-state index in [2.05, 4.69) is 25.9 Å². The molecular formula is C20H19N5O4S2. The number of thiophene rings is 1. The lowest BCUT2D eigenvalue weighted by molar-refractivity contribution is -0.118. The van der Waals surface area contributed by atoms with E-state index in [1.165, 1.54) is 18.3 Å². The number of rotatable bonds is 8. The highest BCUT2D eigenvalue weighted by atomic mass is 32.2. The molecule has 1 aromatic carbocycles. The summed E-state index contributed by atoms with van der Waals surface area (Å²) in [7, 11) is 0. The molecule has 0 fully saturated rings. The number of thioether (sulfide) groups is 1. The lowest BCUT2D eigenvalue weighted by Gasteiger charge is -2.11. The van der Waals surface area contributed by atoms with Crippen LogP contribution in [0.15, 0.2) is 57.8 Å². The second kappa shape index (κ2) is 10.5. The SMILES string of the molecule is CC(=O)Nc1nc(SCC(=O)NCc2ccccc2)[nH]c(=O)c1NC(=O)c1cccs1. The van der Waals surface area contributed by atoms with Crippen LogP contribution in [0.3, 0.4) is 0 Å². The van der Waals surface area contributed by atoms with E-state index in [0.717, 1.165) is 17.3 Å². The van der Waals surface area contributed by atoms with Crippen molar-refractivity contribution in [3.8, 4) is 0 Å². The summed E-state index contributed by atoms with van der Waals surface area (Å²) in [6.07, 6.45) is 0. The van der Waals surface area contributed by atoms with Crippen LogP contribution in [0.5, 0.6) is 0 Å². The summed E-state index contributed by atoms with van der Waals surface area (Å²) in [5.41, 5.74) is 0.147. The molecule has 3 rings (SSSR count). The Morgan fingerprint density at radius 2 is 1.87 bits per heavy atom. The largest absolute Gasteiger partial charge is 0.351 e. The fourth-order valence-corrected chi connectivity index (χ4v) is 3.77. The molecule has 11 heteroatoms. The van der Waals surface area contributed by atoms with E-state index in [1.807, 2.05) is 30.3 Å². The number of hydrogen-bond acceptors (Lipinski definition) is 7. The number of carbonyl (C=O) groups excluding carboxylic acids is 3. The molecule has 3 amide bonds. The molecule has 2 heterocycles. The number of hydrogen-bond donors (Lipinski definition) is 4. The van der Waals surface area contributed by atoms with Gasteiger partial charge >= 0.3 is 0 Å². The summed E-state index contributed by atoms with van der Waals surface area (Å²) in [4.78, 5) is 55.6. The fourth-order valence-electron chi connectivity index (χ4n) is 2.46. The predicted molar refractivity (Wildman–Crippen MR) is 120 cm³/mol. The highest BCUT2D eigenvalue weighted by molar-refractivity contribution is 7.99. The summed E-state index contributed by atoms with van der Waals surface area (Å²) < 4.78 is 0. The van der Waals surface area contributed by atoms with Gasteiger partial charge in [-0.2, -0.15) is 0 Å². The summed E-state index contributed by atoms with van der Waals surface area (Å²) in [6, 6.07) is 12.8. The summed E-state index contributed by atoms with van der Waals surface area (Å²) in [5, 5.41) is 9.57. The second-order valence-corrected chi connectivity index (χ2v) is 8.17. The van der Waals surface area contributed by atoms with Crippen molar-refractivity contribution in [3.63, 3.8) is 0 Å². The minimum atomic E-state index is -0.643. The number of anilines is 2. The first-order valence-corrected chi connectivity index (χ1v) is 11.0. The van der Waals surface area contributed by atoms with Crippen LogP contribution in [-0.4, -0.2) is 33.4 Å². The third kappa shape index (κ3) is 6.52. The van der Waals surface area contributed by atoms with Crippen LogP contribution in [0.2, 0.25) is 0 Å². The van der Waals surface area contributed by atoms with Gasteiger partial charge < -0.3 is 16.0 Å². The van der Waals surface area contributed by atoms with Crippen molar-refractivity contribution in [3.05, 3.63) is 68.6 Å². The maximum atomic E-state index is 12.5. The van der Waals surface area contributed by atoms with Crippen LogP contribution in [0.25, 0.3) is 0 Å². The number of nitrogens with zero attached hydrogens (tertiary/aromatic N) is 1. The number of H-pyrrole nitrogens is 1. The van der Waals surface area contributed by atoms with Crippen molar-refractivity contribution in [1.29, 1.82) is 0 Å². The van der Waals surface area contributed by atoms with E-state index >= 15 is 0 Å². The van der Waals surface area contributed by atoms with Crippen LogP contribution in [0.1, 0.15) is 22.2 Å². The van der Waals surface area contributed by atoms with Crippen LogP contribution in [0.4, 0.5) is 11.5 Å². The molecule has 31 heavy (non-hydrogen) atoms. The molecule has 0 bridgehead atoms. The molecule has 0 unspecified atom stereocenters. The molecule has 0 atom stereocenters. The smallest absolute Gasteiger partial charge is 0.277 e. The normalized spacial score (nSPS) is 10.4. The highest BCUT2D eigenvalue weighted by Crippen LogP contribution is 2.20. The minimum absolute atomic E-state index is 0.0101. The molecule has 0 saturated heterocycles. The molecule has 2 aromatic heterocycles. The zero-order valence-electron chi connectivity index (χ0n) is 16.4. The molecule has 0 aliphatic heterocycles. The maximum absolute atomic E-state index is 12.5. The van der Waals surface area contributed by atoms with Gasteiger partial charge in [0.1, 0.15) is 0 Å². The van der Waals surface area contributed by atoms with Crippen LogP contribution in [-0.2, 0) is 16.1 Å². The fraction of sp³-hybridized carbons (Fsp3) is 0.150. The number of aromatic nitrogens is 2. The average Bonchev–Trinajstić information content (AvgIpc) is 3.28. The predicted octanol–water partition coefficient (Wildman–Crippen LogP) is 2.45. The van der Waals surface area contributed by atoms with E-state index in [9.17, 15) is 19.2 Å². The quantitative estimate of drug-likeness (QED) is 0.303. The van der Waals surface area contributed by atoms with Gasteiger partial charge in [-0.05, 0) is 17.0 Å². The third-order valence-electron chi connectivity index (χ3n) is 3.85. The molecular weight excluding hydrogens is 438 g/mol. The van der Waals surface area contributed by atoms with Crippen molar-refractivity contribution in [1.82, 2.24) is 15.3 Å². The zero-order valence-corrected chi connectivity index (χ0v) is 18.1. The van der Waals surface area contributed by atoms with E-state index < -0.39 is 17.4 Å². The van der Waals surface area contributed by atoms with Gasteiger partial charge in [-0.15, -0.1) is 11.3 Å². The lowest BCUT2D eigenvalue weighted by Crippen LogP contribution is -2.26. The topological polar surface area (TPSA) is 133 Å². The zero-order chi connectivity index (χ0) is 22.2. The van der Waals surface area contributed by atoms with Crippen LogP contribution in [0, 0.1) is 0 Å². The van der Waals surface area contributed by atoms with Crippen LogP contribution >= 0.6 is 23.1 Å². The number of carbonyl (C=O) groups is 3. The van der Waals surface area contributed by atoms with Crippen molar-refractivity contribution < 1.29 is 14.4 Å². The Kier molecular flexibility index (Phi) is 7.57. The van der Waals surface area contributed by atoms with Gasteiger partial charge in [0.2, 0.25) is 11.8 Å². The Morgan fingerprint density at radius 3 is 2.55 bits per heavy atom. The molecule has 3 aromatic rings. The Bertz CT molecular complexity index is 1130. The first-order chi connectivity index (χ1) is 14.9. The van der Waals surface area contributed by atoms with E-state index in [4.69, 9.17) is 0 Å². The second-order valence-electron chi connectivity index (χ2n) is 6.26. The number of benzene rings is 1. The van der Waals surface area contributed by atoms with Crippen molar-refractivity contribution in [2.24, 2.45) is 0 Å². The first-order valence-electron chi connectivity index (χ1n) is 9.12. The highest BCUT2D eigenvalue weighted by Gasteiger charge is 2.18. The van der Waals surface area contributed by atoms with Gasteiger partial charge in [-0.1, -0.05) is 48.2 Å². The van der Waals surface area contributed by atoms with Crippen molar-refractivity contribution >= 4 is 52.3 Å². The van der Waals surface area contributed by atoms with Gasteiger partial charge in [0.25, 0.3) is 11.5 Å². The Balaban J connectivity index is 1.68. The molecule has 9 nitrogen and oxygen atoms in total. The molecule has 0 saturated carbocycles. The third-order valence-corrected chi connectivity index (χ3v) is 5.59. The van der Waals surface area contributed by atoms with E-state index in [-0.39, 0.29) is 28.3 Å². The number of aromatic amines is 1. The van der Waals surface area contributed by atoms with Gasteiger partial charge in [0, 0.05) is 13.5 Å². The summed E-state index contributed by atoms with van der Waals surface area (Å²) >= 11 is 2.22. The molecule has 0 aliphatic carbocycles. The minimum Gasteiger partial charge on any atom is -0.351 e. The summed E-state index contributed by atoms with van der Waals surface area (Å²) in [6.45, 7) is 1.65. The standard InChI is InChI=1S/C20H19N5O4S2/c1-12(26)22-17-16(23-18(28)14-8-5-9-30-14)19(29)25-20(24-17)31-11-15(27)21-10-13-6-3-2-4-7-13/h2-9H,10-11H2,1H3,(H,21,27)(H,23,28)(H2,22,24,25,26,29). The van der Waals surface area contributed by atoms with Gasteiger partial charge in [0.15, 0.2) is 16.7 Å². The molecule has 0 aliphatic rings. The van der Waals surface area contributed by atoms with Gasteiger partial charge in [0.05, 0.1) is 10.6 Å². The molecule has 0 spiro atoms. The molecule has 160 valence electrons. The Morgan fingerprint density at radius 1 is 1.10 bits per heavy atom. The lowest BCUT2D eigenvalue weighted by atomic mass is 10.2. The summed E-state index contributed by atoms with van der Waals surface area (Å²) in [5.74, 6) is -1.27. The average molecular weight is 458 g/mol. The molecule has 0 radical (unpaired) electrons. The Hall–Kier alpha value is -3.44. The molecule has 4 N–H and O–H groups in total. The number of nitrogens with one attached hydrogen (secondary N) is 4. The Labute approximate surface area is 185 Å². The van der Waals surface area contributed by atoms with E-state index in [0.29, 0.717) is 11.4 Å². The first kappa shape index (κ1) is 22.2. The number of amides is 3. The van der Waals surface area contributed by atoms with Crippen molar-refractivity contribution in [2.75, 3.05) is 16.4 Å². The van der Waals surface area contributed by atoms with Crippen molar-refractivity contribution in [2.45, 2.75) is 18.6 Å². The monoisotopic (exact) mass is 457 g/mol.